The summed E-state index contributed by atoms with van der Waals surface area (Å²) >= 11 is 0. The Morgan fingerprint density at radius 1 is 1.38 bits per heavy atom. The smallest absolute Gasteiger partial charge is 0.259 e. The lowest BCUT2D eigenvalue weighted by Crippen LogP contribution is -2.23. The molecule has 0 bridgehead atoms. The van der Waals surface area contributed by atoms with E-state index in [0.717, 1.165) is 12.1 Å². The van der Waals surface area contributed by atoms with Crippen LogP contribution in [-0.2, 0) is 13.1 Å². The molecule has 0 saturated carbocycles. The van der Waals surface area contributed by atoms with Gasteiger partial charge in [-0.05, 0) is 32.0 Å². The molecular formula is C18H17N5O3. The molecule has 4 rings (SSSR count). The van der Waals surface area contributed by atoms with Crippen LogP contribution in [0.4, 0.5) is 0 Å². The first-order chi connectivity index (χ1) is 12.7. The van der Waals surface area contributed by atoms with Crippen LogP contribution in [0.3, 0.4) is 0 Å². The van der Waals surface area contributed by atoms with Gasteiger partial charge >= 0.3 is 0 Å². The third-order valence-corrected chi connectivity index (χ3v) is 4.10. The van der Waals surface area contributed by atoms with Crippen LogP contribution >= 0.6 is 0 Å². The van der Waals surface area contributed by atoms with Gasteiger partial charge in [-0.2, -0.15) is 5.10 Å². The Bertz CT molecular complexity index is 1060. The maximum absolute atomic E-state index is 12.8. The zero-order chi connectivity index (χ0) is 18.1. The maximum Gasteiger partial charge on any atom is 0.259 e. The molecule has 26 heavy (non-hydrogen) atoms. The standard InChI is InChI=1S/C18H17N5O3/c1-3-23-10-12(9-20-23)8-19-17(24)13-7-14(15-5-4-6-25-15)21-18-16(13)11(2)22-26-18/h4-7,9-10H,3,8H2,1-2H3,(H,19,24). The molecule has 1 amide bonds. The van der Waals surface area contributed by atoms with Gasteiger partial charge in [-0.15, -0.1) is 0 Å². The van der Waals surface area contributed by atoms with E-state index in [1.54, 1.807) is 37.6 Å². The second-order valence-corrected chi connectivity index (χ2v) is 5.87. The number of rotatable bonds is 5. The van der Waals surface area contributed by atoms with E-state index in [1.807, 2.05) is 17.8 Å². The van der Waals surface area contributed by atoms with Crippen LogP contribution in [0.25, 0.3) is 22.6 Å². The van der Waals surface area contributed by atoms with Crippen molar-refractivity contribution in [1.82, 2.24) is 25.2 Å². The maximum atomic E-state index is 12.8. The van der Waals surface area contributed by atoms with Crippen LogP contribution < -0.4 is 5.32 Å². The van der Waals surface area contributed by atoms with Crippen molar-refractivity contribution in [3.63, 3.8) is 0 Å². The van der Waals surface area contributed by atoms with Crippen molar-refractivity contribution in [2.24, 2.45) is 0 Å². The number of hydrogen-bond acceptors (Lipinski definition) is 6. The van der Waals surface area contributed by atoms with Crippen molar-refractivity contribution in [1.29, 1.82) is 0 Å². The molecule has 0 fully saturated rings. The van der Waals surface area contributed by atoms with Crippen molar-refractivity contribution < 1.29 is 13.7 Å². The molecule has 0 unspecified atom stereocenters. The zero-order valence-electron chi connectivity index (χ0n) is 14.4. The minimum absolute atomic E-state index is 0.235. The molecule has 8 heteroatoms. The predicted molar refractivity (Wildman–Crippen MR) is 93.3 cm³/mol. The molecule has 4 heterocycles. The number of fused-ring (bicyclic) bond motifs is 1. The molecule has 0 atom stereocenters. The van der Waals surface area contributed by atoms with E-state index >= 15 is 0 Å². The molecule has 8 nitrogen and oxygen atoms in total. The molecule has 0 radical (unpaired) electrons. The third-order valence-electron chi connectivity index (χ3n) is 4.10. The van der Waals surface area contributed by atoms with E-state index in [4.69, 9.17) is 8.94 Å². The Kier molecular flexibility index (Phi) is 4.00. The first-order valence-electron chi connectivity index (χ1n) is 8.26. The Morgan fingerprint density at radius 3 is 3.00 bits per heavy atom. The van der Waals surface area contributed by atoms with Gasteiger partial charge in [-0.1, -0.05) is 5.16 Å². The highest BCUT2D eigenvalue weighted by atomic mass is 16.5. The fraction of sp³-hybridized carbons (Fsp3) is 0.222. The summed E-state index contributed by atoms with van der Waals surface area (Å²) in [6.45, 7) is 4.95. The Hall–Kier alpha value is -3.42. The molecular weight excluding hydrogens is 334 g/mol. The molecule has 0 aliphatic carbocycles. The van der Waals surface area contributed by atoms with E-state index in [1.165, 1.54) is 0 Å². The molecule has 0 aromatic carbocycles. The number of nitrogens with one attached hydrogen (secondary N) is 1. The molecule has 0 saturated heterocycles. The number of amides is 1. The van der Waals surface area contributed by atoms with Gasteiger partial charge in [-0.3, -0.25) is 9.48 Å². The molecule has 0 aliphatic heterocycles. The van der Waals surface area contributed by atoms with Crippen LogP contribution in [0.5, 0.6) is 0 Å². The first kappa shape index (κ1) is 16.1. The summed E-state index contributed by atoms with van der Waals surface area (Å²) in [5.74, 6) is 0.319. The van der Waals surface area contributed by atoms with Crippen LogP contribution in [0.2, 0.25) is 0 Å². The highest BCUT2D eigenvalue weighted by molar-refractivity contribution is 6.06. The van der Waals surface area contributed by atoms with Crippen LogP contribution in [0, 0.1) is 6.92 Å². The molecule has 4 aromatic rings. The van der Waals surface area contributed by atoms with E-state index in [2.05, 4.69) is 20.6 Å². The van der Waals surface area contributed by atoms with E-state index < -0.39 is 0 Å². The Balaban J connectivity index is 1.67. The summed E-state index contributed by atoms with van der Waals surface area (Å²) < 4.78 is 12.5. The van der Waals surface area contributed by atoms with Gasteiger partial charge in [0.25, 0.3) is 11.6 Å². The quantitative estimate of drug-likeness (QED) is 0.593. The van der Waals surface area contributed by atoms with Crippen molar-refractivity contribution in [2.45, 2.75) is 26.9 Å². The summed E-state index contributed by atoms with van der Waals surface area (Å²) in [4.78, 5) is 17.2. The lowest BCUT2D eigenvalue weighted by Gasteiger charge is -2.06. The average molecular weight is 351 g/mol. The monoisotopic (exact) mass is 351 g/mol. The molecule has 4 aromatic heterocycles. The second-order valence-electron chi connectivity index (χ2n) is 5.87. The first-order valence-corrected chi connectivity index (χ1v) is 8.26. The summed E-state index contributed by atoms with van der Waals surface area (Å²) in [6, 6.07) is 5.23. The van der Waals surface area contributed by atoms with Crippen molar-refractivity contribution in [3.8, 4) is 11.5 Å². The summed E-state index contributed by atoms with van der Waals surface area (Å²) in [6.07, 6.45) is 5.20. The van der Waals surface area contributed by atoms with Crippen molar-refractivity contribution in [3.05, 3.63) is 53.7 Å². The van der Waals surface area contributed by atoms with Crippen LogP contribution in [0.15, 0.2) is 45.8 Å². The number of aryl methyl sites for hydroxylation is 2. The number of pyridine rings is 1. The zero-order valence-corrected chi connectivity index (χ0v) is 14.4. The third kappa shape index (κ3) is 2.85. The van der Waals surface area contributed by atoms with Crippen molar-refractivity contribution >= 4 is 17.0 Å². The number of furan rings is 1. The summed E-state index contributed by atoms with van der Waals surface area (Å²) in [5, 5.41) is 11.7. The van der Waals surface area contributed by atoms with Gasteiger partial charge in [0.05, 0.1) is 29.1 Å². The predicted octanol–water partition coefficient (Wildman–Crippen LogP) is 2.94. The van der Waals surface area contributed by atoms with Gasteiger partial charge in [0.15, 0.2) is 5.76 Å². The SMILES string of the molecule is CCn1cc(CNC(=O)c2cc(-c3ccco3)nc3onc(C)c23)cn1. The fourth-order valence-corrected chi connectivity index (χ4v) is 2.77. The number of carbonyl (C=O) groups excluding carboxylic acids is 1. The fourth-order valence-electron chi connectivity index (χ4n) is 2.77. The van der Waals surface area contributed by atoms with E-state index in [-0.39, 0.29) is 5.91 Å². The Labute approximate surface area is 148 Å². The highest BCUT2D eigenvalue weighted by Crippen LogP contribution is 2.27. The molecule has 0 aliphatic rings. The second kappa shape index (κ2) is 6.47. The Morgan fingerprint density at radius 2 is 2.27 bits per heavy atom. The van der Waals surface area contributed by atoms with Crippen LogP contribution in [0.1, 0.15) is 28.5 Å². The van der Waals surface area contributed by atoms with Gasteiger partial charge in [0.2, 0.25) is 0 Å². The van der Waals surface area contributed by atoms with Gasteiger partial charge in [0, 0.05) is 24.8 Å². The lowest BCUT2D eigenvalue weighted by molar-refractivity contribution is 0.0952. The highest BCUT2D eigenvalue weighted by Gasteiger charge is 2.20. The number of carbonyl (C=O) groups is 1. The lowest BCUT2D eigenvalue weighted by atomic mass is 10.1. The summed E-state index contributed by atoms with van der Waals surface area (Å²) in [5.41, 5.74) is 2.81. The molecule has 1 N–H and O–H groups in total. The minimum atomic E-state index is -0.235. The average Bonchev–Trinajstić information content (AvgIpc) is 3.40. The number of hydrogen-bond donors (Lipinski definition) is 1. The largest absolute Gasteiger partial charge is 0.463 e. The van der Waals surface area contributed by atoms with Gasteiger partial charge < -0.3 is 14.3 Å². The van der Waals surface area contributed by atoms with E-state index in [0.29, 0.717) is 40.4 Å². The number of aromatic nitrogens is 4. The molecule has 132 valence electrons. The van der Waals surface area contributed by atoms with Gasteiger partial charge in [-0.25, -0.2) is 4.98 Å². The number of nitrogens with zero attached hydrogens (tertiary/aromatic N) is 4. The topological polar surface area (TPSA) is 99.0 Å². The summed E-state index contributed by atoms with van der Waals surface area (Å²) in [7, 11) is 0. The molecule has 0 spiro atoms. The minimum Gasteiger partial charge on any atom is -0.463 e. The van der Waals surface area contributed by atoms with E-state index in [9.17, 15) is 4.79 Å². The normalized spacial score (nSPS) is 11.2. The van der Waals surface area contributed by atoms with Gasteiger partial charge in [0.1, 0.15) is 5.69 Å². The van der Waals surface area contributed by atoms with Crippen LogP contribution in [-0.4, -0.2) is 25.8 Å². The van der Waals surface area contributed by atoms with Crippen molar-refractivity contribution in [2.75, 3.05) is 0 Å².